The number of hydrogen-bond donors (Lipinski definition) is 2. The van der Waals surface area contributed by atoms with Crippen LogP contribution in [0.2, 0.25) is 0 Å². The molecule has 0 saturated heterocycles. The Kier molecular flexibility index (Phi) is 25.1. The van der Waals surface area contributed by atoms with Crippen molar-refractivity contribution in [3.8, 4) is 0 Å². The molecule has 150 valence electrons. The van der Waals surface area contributed by atoms with Crippen LogP contribution in [0.5, 0.6) is 0 Å². The lowest BCUT2D eigenvalue weighted by Gasteiger charge is -2.13. The molecule has 0 fully saturated rings. The molecule has 1 unspecified atom stereocenters. The average Bonchev–Trinajstić information content (AvgIpc) is 2.49. The Balaban J connectivity index is -0.000000538. The number of rotatable bonds is 13. The summed E-state index contributed by atoms with van der Waals surface area (Å²) in [6, 6.07) is 0. The Morgan fingerprint density at radius 2 is 0.917 bits per heavy atom. The van der Waals surface area contributed by atoms with E-state index < -0.39 is 0 Å². The fraction of sp³-hybridized carbons (Fsp3) is 1.00. The topological polar surface area (TPSA) is 40.5 Å². The predicted octanol–water partition coefficient (Wildman–Crippen LogP) is 6.97. The molecule has 0 bridgehead atoms. The van der Waals surface area contributed by atoms with Gasteiger partial charge in [-0.25, -0.2) is 0 Å². The second-order valence-electron chi connectivity index (χ2n) is 7.77. The van der Waals surface area contributed by atoms with Crippen LogP contribution in [0.1, 0.15) is 120 Å². The number of aliphatic hydroxyl groups excluding tert-OH is 2. The molecule has 0 aliphatic carbocycles. The van der Waals surface area contributed by atoms with Gasteiger partial charge in [0.15, 0.2) is 0 Å². The van der Waals surface area contributed by atoms with Gasteiger partial charge in [-0.05, 0) is 25.2 Å². The average molecular weight is 347 g/mol. The minimum absolute atomic E-state index is 0. The van der Waals surface area contributed by atoms with Crippen LogP contribution in [0, 0.1) is 11.8 Å². The quantitative estimate of drug-likeness (QED) is 0.353. The molecule has 2 atom stereocenters. The molecule has 0 aliphatic heterocycles. The summed E-state index contributed by atoms with van der Waals surface area (Å²) in [6.07, 6.45) is 14.5. The van der Waals surface area contributed by atoms with E-state index in [1.807, 2.05) is 13.8 Å². The second kappa shape index (κ2) is 21.0. The monoisotopic (exact) mass is 346 g/mol. The maximum atomic E-state index is 9.65. The Bertz CT molecular complexity index is 206. The summed E-state index contributed by atoms with van der Waals surface area (Å²) in [6.45, 7) is 12.2. The van der Waals surface area contributed by atoms with Gasteiger partial charge in [-0.2, -0.15) is 0 Å². The fourth-order valence-corrected chi connectivity index (χ4v) is 2.17. The highest BCUT2D eigenvalue weighted by molar-refractivity contribution is 4.59. The summed E-state index contributed by atoms with van der Waals surface area (Å²) in [7, 11) is 0. The number of unbranched alkanes of at least 4 members (excludes halogenated alkanes) is 9. The number of aliphatic hydroxyl groups is 2. The molecule has 0 amide bonds. The molecule has 2 heteroatoms. The van der Waals surface area contributed by atoms with Gasteiger partial charge in [0.1, 0.15) is 0 Å². The Hall–Kier alpha value is -0.0800. The van der Waals surface area contributed by atoms with Crippen molar-refractivity contribution in [2.75, 3.05) is 0 Å². The molecule has 0 rings (SSSR count). The van der Waals surface area contributed by atoms with Crippen molar-refractivity contribution in [1.82, 2.24) is 0 Å². The maximum absolute atomic E-state index is 9.65. The van der Waals surface area contributed by atoms with Crippen LogP contribution in [0.4, 0.5) is 0 Å². The SMILES string of the molecule is C.CC(C)[C@H](C)O.CCCCCCCCCCCCC(O)C(C)C. The molecule has 0 heterocycles. The Morgan fingerprint density at radius 1 is 0.583 bits per heavy atom. The highest BCUT2D eigenvalue weighted by Gasteiger charge is 2.07. The van der Waals surface area contributed by atoms with Crippen molar-refractivity contribution in [3.05, 3.63) is 0 Å². The van der Waals surface area contributed by atoms with Gasteiger partial charge in [0.05, 0.1) is 12.2 Å². The van der Waals surface area contributed by atoms with Crippen molar-refractivity contribution in [2.24, 2.45) is 11.8 Å². The third kappa shape index (κ3) is 24.2. The van der Waals surface area contributed by atoms with E-state index in [4.69, 9.17) is 5.11 Å². The summed E-state index contributed by atoms with van der Waals surface area (Å²) < 4.78 is 0. The summed E-state index contributed by atoms with van der Waals surface area (Å²) in [4.78, 5) is 0. The molecule has 2 nitrogen and oxygen atoms in total. The summed E-state index contributed by atoms with van der Waals surface area (Å²) in [5.74, 6) is 0.832. The standard InChI is InChI=1S/C16H34O.C5H12O.CH4/c1-4-5-6-7-8-9-10-11-12-13-14-16(17)15(2)3;1-4(2)5(3)6;/h15-17H,4-14H2,1-3H3;4-6H,1-3H3;1H4/t;5-;/m.0./s1. The van der Waals surface area contributed by atoms with E-state index in [1.165, 1.54) is 64.2 Å². The summed E-state index contributed by atoms with van der Waals surface area (Å²) >= 11 is 0. The van der Waals surface area contributed by atoms with Crippen molar-refractivity contribution < 1.29 is 10.2 Å². The zero-order valence-electron chi connectivity index (χ0n) is 17.0. The summed E-state index contributed by atoms with van der Waals surface area (Å²) in [5, 5.41) is 18.3. The fourth-order valence-electron chi connectivity index (χ4n) is 2.17. The maximum Gasteiger partial charge on any atom is 0.0563 e. The highest BCUT2D eigenvalue weighted by Crippen LogP contribution is 2.14. The lowest BCUT2D eigenvalue weighted by atomic mass is 10.00. The first-order valence-electron chi connectivity index (χ1n) is 10.2. The van der Waals surface area contributed by atoms with E-state index in [2.05, 4.69) is 20.8 Å². The third-order valence-electron chi connectivity index (χ3n) is 4.59. The number of hydrogen-bond acceptors (Lipinski definition) is 2. The van der Waals surface area contributed by atoms with E-state index in [0.29, 0.717) is 11.8 Å². The van der Waals surface area contributed by atoms with Gasteiger partial charge in [0.25, 0.3) is 0 Å². The van der Waals surface area contributed by atoms with E-state index in [-0.39, 0.29) is 19.6 Å². The van der Waals surface area contributed by atoms with Gasteiger partial charge in [-0.3, -0.25) is 0 Å². The molecule has 0 aromatic carbocycles. The van der Waals surface area contributed by atoms with Crippen LogP contribution in [0.3, 0.4) is 0 Å². The minimum Gasteiger partial charge on any atom is -0.393 e. The first-order valence-corrected chi connectivity index (χ1v) is 10.2. The van der Waals surface area contributed by atoms with Gasteiger partial charge in [0, 0.05) is 0 Å². The van der Waals surface area contributed by atoms with Gasteiger partial charge in [0.2, 0.25) is 0 Å². The zero-order chi connectivity index (χ0) is 18.1. The highest BCUT2D eigenvalue weighted by atomic mass is 16.3. The van der Waals surface area contributed by atoms with Gasteiger partial charge < -0.3 is 10.2 Å². The first-order chi connectivity index (χ1) is 10.8. The van der Waals surface area contributed by atoms with Crippen LogP contribution < -0.4 is 0 Å². The predicted molar refractivity (Wildman–Crippen MR) is 111 cm³/mol. The van der Waals surface area contributed by atoms with Crippen molar-refractivity contribution >= 4 is 0 Å². The normalized spacial score (nSPS) is 13.2. The van der Waals surface area contributed by atoms with Crippen LogP contribution in [-0.2, 0) is 0 Å². The molecule has 0 aromatic heterocycles. The van der Waals surface area contributed by atoms with Gasteiger partial charge in [-0.15, -0.1) is 0 Å². The molecule has 0 aliphatic rings. The molecular formula is C22H50O2. The molecular weight excluding hydrogens is 296 g/mol. The Labute approximate surface area is 154 Å². The minimum atomic E-state index is -0.148. The smallest absolute Gasteiger partial charge is 0.0563 e. The molecule has 0 radical (unpaired) electrons. The van der Waals surface area contributed by atoms with E-state index in [0.717, 1.165) is 6.42 Å². The van der Waals surface area contributed by atoms with Crippen LogP contribution >= 0.6 is 0 Å². The van der Waals surface area contributed by atoms with Gasteiger partial charge >= 0.3 is 0 Å². The van der Waals surface area contributed by atoms with E-state index in [1.54, 1.807) is 6.92 Å². The zero-order valence-corrected chi connectivity index (χ0v) is 17.0. The van der Waals surface area contributed by atoms with E-state index >= 15 is 0 Å². The third-order valence-corrected chi connectivity index (χ3v) is 4.59. The first kappa shape index (κ1) is 28.7. The van der Waals surface area contributed by atoms with Crippen molar-refractivity contribution in [3.63, 3.8) is 0 Å². The molecule has 0 spiro atoms. The van der Waals surface area contributed by atoms with Crippen LogP contribution in [0.25, 0.3) is 0 Å². The van der Waals surface area contributed by atoms with Gasteiger partial charge in [-0.1, -0.05) is 106 Å². The molecule has 0 aromatic rings. The molecule has 0 saturated carbocycles. The van der Waals surface area contributed by atoms with E-state index in [9.17, 15) is 5.11 Å². The lowest BCUT2D eigenvalue weighted by Crippen LogP contribution is -2.13. The molecule has 2 N–H and O–H groups in total. The lowest BCUT2D eigenvalue weighted by molar-refractivity contribution is 0.113. The van der Waals surface area contributed by atoms with Crippen molar-refractivity contribution in [1.29, 1.82) is 0 Å². The van der Waals surface area contributed by atoms with Crippen LogP contribution in [0.15, 0.2) is 0 Å². The Morgan fingerprint density at radius 3 is 1.21 bits per heavy atom. The van der Waals surface area contributed by atoms with Crippen molar-refractivity contribution in [2.45, 2.75) is 132 Å². The second-order valence-corrected chi connectivity index (χ2v) is 7.77. The largest absolute Gasteiger partial charge is 0.393 e. The molecule has 24 heavy (non-hydrogen) atoms. The van der Waals surface area contributed by atoms with Crippen LogP contribution in [-0.4, -0.2) is 22.4 Å². The summed E-state index contributed by atoms with van der Waals surface area (Å²) in [5.41, 5.74) is 0.